The van der Waals surface area contributed by atoms with Gasteiger partial charge in [0.2, 0.25) is 0 Å². The molecule has 2 aromatic carbocycles. The molecule has 3 nitrogen and oxygen atoms in total. The van der Waals surface area contributed by atoms with Crippen LogP contribution < -0.4 is 15.4 Å². The molecule has 0 unspecified atom stereocenters. The Bertz CT molecular complexity index is 511. The fourth-order valence-corrected chi connectivity index (χ4v) is 2.19. The second-order valence-corrected chi connectivity index (χ2v) is 5.30. The van der Waals surface area contributed by atoms with E-state index in [0.717, 1.165) is 38.3 Å². The molecule has 118 valence electrons. The summed E-state index contributed by atoms with van der Waals surface area (Å²) in [4.78, 5) is 0. The standard InChI is InChI=1S/C19H26N2O/c1-2-20-13-6-14-21-15-17-9-11-19(12-10-17)22-16-18-7-4-3-5-8-18/h3-5,7-12,20-21H,2,6,13-16H2,1H3. The Balaban J connectivity index is 1.67. The highest BCUT2D eigenvalue weighted by atomic mass is 16.5. The van der Waals surface area contributed by atoms with Gasteiger partial charge >= 0.3 is 0 Å². The van der Waals surface area contributed by atoms with Crippen LogP contribution in [-0.2, 0) is 13.2 Å². The highest BCUT2D eigenvalue weighted by Crippen LogP contribution is 2.14. The van der Waals surface area contributed by atoms with Crippen molar-refractivity contribution in [3.63, 3.8) is 0 Å². The van der Waals surface area contributed by atoms with Gasteiger partial charge in [0, 0.05) is 6.54 Å². The fourth-order valence-electron chi connectivity index (χ4n) is 2.19. The van der Waals surface area contributed by atoms with E-state index in [1.807, 2.05) is 30.3 Å². The van der Waals surface area contributed by atoms with Gasteiger partial charge in [0.15, 0.2) is 0 Å². The second-order valence-electron chi connectivity index (χ2n) is 5.30. The monoisotopic (exact) mass is 298 g/mol. The Hall–Kier alpha value is -1.84. The predicted octanol–water partition coefficient (Wildman–Crippen LogP) is 3.35. The molecule has 0 spiro atoms. The molecule has 0 atom stereocenters. The van der Waals surface area contributed by atoms with Gasteiger partial charge < -0.3 is 15.4 Å². The van der Waals surface area contributed by atoms with E-state index in [1.54, 1.807) is 0 Å². The third kappa shape index (κ3) is 6.29. The minimum absolute atomic E-state index is 0.614. The maximum Gasteiger partial charge on any atom is 0.119 e. The Morgan fingerprint density at radius 2 is 1.55 bits per heavy atom. The molecule has 0 saturated carbocycles. The minimum Gasteiger partial charge on any atom is -0.489 e. The lowest BCUT2D eigenvalue weighted by atomic mass is 10.2. The predicted molar refractivity (Wildman–Crippen MR) is 92.1 cm³/mol. The van der Waals surface area contributed by atoms with E-state index < -0.39 is 0 Å². The molecule has 0 radical (unpaired) electrons. The van der Waals surface area contributed by atoms with Crippen molar-refractivity contribution in [3.05, 3.63) is 65.7 Å². The molecule has 0 aliphatic carbocycles. The van der Waals surface area contributed by atoms with Crippen molar-refractivity contribution < 1.29 is 4.74 Å². The lowest BCUT2D eigenvalue weighted by Crippen LogP contribution is -2.21. The van der Waals surface area contributed by atoms with E-state index >= 15 is 0 Å². The first-order chi connectivity index (χ1) is 10.9. The van der Waals surface area contributed by atoms with Crippen molar-refractivity contribution in [2.75, 3.05) is 19.6 Å². The highest BCUT2D eigenvalue weighted by Gasteiger charge is 1.97. The Kier molecular flexibility index (Phi) is 7.50. The van der Waals surface area contributed by atoms with Crippen LogP contribution in [0.5, 0.6) is 5.75 Å². The largest absolute Gasteiger partial charge is 0.489 e. The molecule has 2 N–H and O–H groups in total. The Morgan fingerprint density at radius 3 is 2.27 bits per heavy atom. The van der Waals surface area contributed by atoms with Crippen LogP contribution in [0.15, 0.2) is 54.6 Å². The minimum atomic E-state index is 0.614. The van der Waals surface area contributed by atoms with Crippen LogP contribution in [0.4, 0.5) is 0 Å². The first-order valence-corrected chi connectivity index (χ1v) is 8.05. The van der Waals surface area contributed by atoms with E-state index in [2.05, 4.69) is 41.8 Å². The summed E-state index contributed by atoms with van der Waals surface area (Å²) in [5.41, 5.74) is 2.48. The van der Waals surface area contributed by atoms with E-state index in [1.165, 1.54) is 11.1 Å². The van der Waals surface area contributed by atoms with Gasteiger partial charge in [-0.15, -0.1) is 0 Å². The van der Waals surface area contributed by atoms with Crippen LogP contribution >= 0.6 is 0 Å². The highest BCUT2D eigenvalue weighted by molar-refractivity contribution is 5.27. The average Bonchev–Trinajstić information content (AvgIpc) is 2.58. The summed E-state index contributed by atoms with van der Waals surface area (Å²) in [6.45, 7) is 6.82. The van der Waals surface area contributed by atoms with E-state index in [-0.39, 0.29) is 0 Å². The molecule has 0 aromatic heterocycles. The number of ether oxygens (including phenoxy) is 1. The van der Waals surface area contributed by atoms with Crippen molar-refractivity contribution >= 4 is 0 Å². The summed E-state index contributed by atoms with van der Waals surface area (Å²) < 4.78 is 5.79. The van der Waals surface area contributed by atoms with Gasteiger partial charge in [-0.2, -0.15) is 0 Å². The molecule has 0 bridgehead atoms. The SMILES string of the molecule is CCNCCCNCc1ccc(OCc2ccccc2)cc1. The number of nitrogens with one attached hydrogen (secondary N) is 2. The summed E-state index contributed by atoms with van der Waals surface area (Å²) in [6, 6.07) is 18.6. The third-order valence-corrected chi connectivity index (χ3v) is 3.46. The summed E-state index contributed by atoms with van der Waals surface area (Å²) in [6.07, 6.45) is 1.16. The normalized spacial score (nSPS) is 10.6. The Labute approximate surface area is 133 Å². The molecule has 0 saturated heterocycles. The molecule has 0 aliphatic rings. The first kappa shape index (κ1) is 16.5. The lowest BCUT2D eigenvalue weighted by molar-refractivity contribution is 0.306. The average molecular weight is 298 g/mol. The van der Waals surface area contributed by atoms with Crippen LogP contribution in [0.3, 0.4) is 0 Å². The zero-order chi connectivity index (χ0) is 15.5. The molecular weight excluding hydrogens is 272 g/mol. The van der Waals surface area contributed by atoms with Gasteiger partial charge in [-0.05, 0) is 49.3 Å². The number of hydrogen-bond acceptors (Lipinski definition) is 3. The molecule has 2 rings (SSSR count). The zero-order valence-electron chi connectivity index (χ0n) is 13.3. The van der Waals surface area contributed by atoms with Crippen molar-refractivity contribution in [2.24, 2.45) is 0 Å². The number of hydrogen-bond donors (Lipinski definition) is 2. The smallest absolute Gasteiger partial charge is 0.119 e. The van der Waals surface area contributed by atoms with Gasteiger partial charge in [-0.25, -0.2) is 0 Å². The molecule has 0 fully saturated rings. The molecule has 0 heterocycles. The summed E-state index contributed by atoms with van der Waals surface area (Å²) in [5, 5.41) is 6.78. The van der Waals surface area contributed by atoms with Gasteiger partial charge in [0.1, 0.15) is 12.4 Å². The van der Waals surface area contributed by atoms with Crippen LogP contribution in [-0.4, -0.2) is 19.6 Å². The van der Waals surface area contributed by atoms with Gasteiger partial charge in [0.25, 0.3) is 0 Å². The fraction of sp³-hybridized carbons (Fsp3) is 0.368. The quantitative estimate of drug-likeness (QED) is 0.660. The molecule has 0 aliphatic heterocycles. The van der Waals surface area contributed by atoms with Crippen LogP contribution in [0.2, 0.25) is 0 Å². The molecular formula is C19H26N2O. The van der Waals surface area contributed by atoms with Gasteiger partial charge in [0.05, 0.1) is 0 Å². The van der Waals surface area contributed by atoms with Crippen LogP contribution in [0, 0.1) is 0 Å². The third-order valence-electron chi connectivity index (χ3n) is 3.46. The van der Waals surface area contributed by atoms with E-state index in [4.69, 9.17) is 4.74 Å². The molecule has 22 heavy (non-hydrogen) atoms. The van der Waals surface area contributed by atoms with Crippen LogP contribution in [0.1, 0.15) is 24.5 Å². The van der Waals surface area contributed by atoms with Gasteiger partial charge in [-0.3, -0.25) is 0 Å². The first-order valence-electron chi connectivity index (χ1n) is 8.05. The van der Waals surface area contributed by atoms with Crippen molar-refractivity contribution in [1.82, 2.24) is 10.6 Å². The number of rotatable bonds is 10. The maximum absolute atomic E-state index is 5.79. The van der Waals surface area contributed by atoms with E-state index in [9.17, 15) is 0 Å². The maximum atomic E-state index is 5.79. The summed E-state index contributed by atoms with van der Waals surface area (Å²) >= 11 is 0. The van der Waals surface area contributed by atoms with Crippen molar-refractivity contribution in [1.29, 1.82) is 0 Å². The van der Waals surface area contributed by atoms with Crippen molar-refractivity contribution in [2.45, 2.75) is 26.5 Å². The summed E-state index contributed by atoms with van der Waals surface area (Å²) in [5.74, 6) is 0.916. The topological polar surface area (TPSA) is 33.3 Å². The molecule has 0 amide bonds. The molecule has 2 aromatic rings. The molecule has 3 heteroatoms. The van der Waals surface area contributed by atoms with Crippen LogP contribution in [0.25, 0.3) is 0 Å². The van der Waals surface area contributed by atoms with Crippen molar-refractivity contribution in [3.8, 4) is 5.75 Å². The number of benzene rings is 2. The van der Waals surface area contributed by atoms with Gasteiger partial charge in [-0.1, -0.05) is 49.4 Å². The summed E-state index contributed by atoms with van der Waals surface area (Å²) in [7, 11) is 0. The Morgan fingerprint density at radius 1 is 0.818 bits per heavy atom. The zero-order valence-corrected chi connectivity index (χ0v) is 13.3. The lowest BCUT2D eigenvalue weighted by Gasteiger charge is -2.08. The van der Waals surface area contributed by atoms with E-state index in [0.29, 0.717) is 6.61 Å². The second kappa shape index (κ2) is 9.98.